The molecule has 1 unspecified atom stereocenters. The average Bonchev–Trinajstić information content (AvgIpc) is 3.15. The smallest absolute Gasteiger partial charge is 0.307 e. The highest BCUT2D eigenvalue weighted by atomic mass is 35.5. The Balaban J connectivity index is 2.03. The fourth-order valence-corrected chi connectivity index (χ4v) is 4.61. The summed E-state index contributed by atoms with van der Waals surface area (Å²) in [6, 6.07) is 3.03. The molecule has 1 aromatic heterocycles. The summed E-state index contributed by atoms with van der Waals surface area (Å²) in [5.41, 5.74) is 1.48. The molecule has 3 rings (SSSR count). The second-order valence-corrected chi connectivity index (χ2v) is 7.49. The normalized spacial score (nSPS) is 19.9. The number of thiophene rings is 1. The van der Waals surface area contributed by atoms with Crippen molar-refractivity contribution in [3.63, 3.8) is 0 Å². The molecule has 1 aromatic rings. The molecule has 0 saturated carbocycles. The molecule has 8 heteroatoms. The molecule has 26 heavy (non-hydrogen) atoms. The Morgan fingerprint density at radius 1 is 1.42 bits per heavy atom. The first-order valence-electron chi connectivity index (χ1n) is 8.26. The van der Waals surface area contributed by atoms with Crippen LogP contribution in [0.4, 0.5) is 0 Å². The minimum atomic E-state index is -1.03. The zero-order valence-corrected chi connectivity index (χ0v) is 15.9. The van der Waals surface area contributed by atoms with E-state index in [1.165, 1.54) is 11.3 Å². The molecule has 0 spiro atoms. The number of hydrogen-bond donors (Lipinski definition) is 1. The van der Waals surface area contributed by atoms with Crippen LogP contribution >= 0.6 is 22.9 Å². The summed E-state index contributed by atoms with van der Waals surface area (Å²) in [4.78, 5) is 38.5. The third kappa shape index (κ3) is 3.17. The largest absolute Gasteiger partial charge is 0.484 e. The molecule has 1 aliphatic carbocycles. The van der Waals surface area contributed by atoms with Gasteiger partial charge in [-0.1, -0.05) is 22.9 Å². The summed E-state index contributed by atoms with van der Waals surface area (Å²) < 4.78 is 5.42. The van der Waals surface area contributed by atoms with E-state index >= 15 is 0 Å². The molecule has 1 amide bonds. The highest BCUT2D eigenvalue weighted by Crippen LogP contribution is 2.44. The van der Waals surface area contributed by atoms with E-state index < -0.39 is 12.0 Å². The van der Waals surface area contributed by atoms with Crippen molar-refractivity contribution in [3.05, 3.63) is 38.9 Å². The van der Waals surface area contributed by atoms with Crippen molar-refractivity contribution < 1.29 is 24.2 Å². The maximum atomic E-state index is 13.1. The monoisotopic (exact) mass is 395 g/mol. The molecule has 0 saturated heterocycles. The van der Waals surface area contributed by atoms with Crippen LogP contribution in [0.15, 0.2) is 34.0 Å². The van der Waals surface area contributed by atoms with Gasteiger partial charge in [-0.25, -0.2) is 0 Å². The topological polar surface area (TPSA) is 83.9 Å². The Hall–Kier alpha value is -2.12. The quantitative estimate of drug-likeness (QED) is 0.823. The Kier molecular flexibility index (Phi) is 5.20. The summed E-state index contributed by atoms with van der Waals surface area (Å²) in [6.45, 7) is 4.07. The number of carboxylic acids is 1. The van der Waals surface area contributed by atoms with Crippen LogP contribution in [-0.4, -0.2) is 40.3 Å². The van der Waals surface area contributed by atoms with Gasteiger partial charge in [-0.2, -0.15) is 0 Å². The first kappa shape index (κ1) is 18.7. The predicted octanol–water partition coefficient (Wildman–Crippen LogP) is 3.58. The zero-order chi connectivity index (χ0) is 19.0. The summed E-state index contributed by atoms with van der Waals surface area (Å²) in [6.07, 6.45) is 0.388. The molecule has 1 atom stereocenters. The number of allylic oxidation sites excluding steroid dienone is 2. The maximum Gasteiger partial charge on any atom is 0.307 e. The van der Waals surface area contributed by atoms with Crippen LogP contribution in [0, 0.1) is 0 Å². The number of Topliss-reactive ketones (excluding diaryl/α,β-unsaturated/α-hetero) is 1. The van der Waals surface area contributed by atoms with Gasteiger partial charge in [0.05, 0.1) is 29.0 Å². The van der Waals surface area contributed by atoms with Crippen molar-refractivity contribution in [1.82, 2.24) is 4.90 Å². The number of aliphatic carboxylic acids is 1. The van der Waals surface area contributed by atoms with Crippen LogP contribution in [0.25, 0.3) is 0 Å². The Labute approximate surface area is 159 Å². The number of amides is 1. The second-order valence-electron chi connectivity index (χ2n) is 6.07. The van der Waals surface area contributed by atoms with E-state index in [9.17, 15) is 19.5 Å². The number of ketones is 1. The van der Waals surface area contributed by atoms with Gasteiger partial charge in [0.15, 0.2) is 10.8 Å². The number of carbonyl (C=O) groups excluding carboxylic acids is 2. The molecule has 6 nitrogen and oxygen atoms in total. The van der Waals surface area contributed by atoms with Gasteiger partial charge >= 0.3 is 5.97 Å². The van der Waals surface area contributed by atoms with Crippen molar-refractivity contribution >= 4 is 40.6 Å². The second kappa shape index (κ2) is 7.25. The molecular formula is C18H18ClNO5S. The molecule has 0 radical (unpaired) electrons. The summed E-state index contributed by atoms with van der Waals surface area (Å²) in [7, 11) is 0. The SMILES string of the molecule is CCOc1ccc(C(=O)N2C(C)=C(CC(=O)O)C3=C(Cl)C(=O)CCC32)s1. The number of carbonyl (C=O) groups is 3. The number of hydrogen-bond acceptors (Lipinski definition) is 5. The number of ether oxygens (including phenoxy) is 1. The van der Waals surface area contributed by atoms with E-state index in [0.717, 1.165) is 0 Å². The Morgan fingerprint density at radius 3 is 2.81 bits per heavy atom. The van der Waals surface area contributed by atoms with Gasteiger partial charge < -0.3 is 14.7 Å². The van der Waals surface area contributed by atoms with Gasteiger partial charge in [0.25, 0.3) is 5.91 Å². The minimum Gasteiger partial charge on any atom is -0.484 e. The predicted molar refractivity (Wildman–Crippen MR) is 97.5 cm³/mol. The lowest BCUT2D eigenvalue weighted by Crippen LogP contribution is -2.38. The first-order chi connectivity index (χ1) is 12.3. The van der Waals surface area contributed by atoms with Crippen LogP contribution in [0.5, 0.6) is 5.06 Å². The fourth-order valence-electron chi connectivity index (χ4n) is 3.43. The minimum absolute atomic E-state index is 0.0494. The lowest BCUT2D eigenvalue weighted by Gasteiger charge is -2.29. The van der Waals surface area contributed by atoms with Crippen LogP contribution < -0.4 is 4.74 Å². The summed E-state index contributed by atoms with van der Waals surface area (Å²) >= 11 is 7.46. The van der Waals surface area contributed by atoms with Crippen molar-refractivity contribution in [1.29, 1.82) is 0 Å². The van der Waals surface area contributed by atoms with Gasteiger partial charge in [0.2, 0.25) is 0 Å². The van der Waals surface area contributed by atoms with Gasteiger partial charge in [-0.15, -0.1) is 0 Å². The van der Waals surface area contributed by atoms with Crippen LogP contribution in [0.1, 0.15) is 42.8 Å². The van der Waals surface area contributed by atoms with Gasteiger partial charge in [-0.3, -0.25) is 14.4 Å². The molecule has 2 aliphatic rings. The number of nitrogens with zero attached hydrogens (tertiary/aromatic N) is 1. The molecule has 0 fully saturated rings. The summed E-state index contributed by atoms with van der Waals surface area (Å²) in [5, 5.41) is 9.93. The van der Waals surface area contributed by atoms with Crippen molar-refractivity contribution in [2.75, 3.05) is 6.61 Å². The number of carboxylic acid groups (broad SMARTS) is 1. The van der Waals surface area contributed by atoms with E-state index in [1.54, 1.807) is 24.0 Å². The lowest BCUT2D eigenvalue weighted by molar-refractivity contribution is -0.136. The highest BCUT2D eigenvalue weighted by molar-refractivity contribution is 7.15. The first-order valence-corrected chi connectivity index (χ1v) is 9.45. The third-order valence-corrected chi connectivity index (χ3v) is 5.92. The van der Waals surface area contributed by atoms with Crippen LogP contribution in [-0.2, 0) is 9.59 Å². The standard InChI is InChI=1S/C18H18ClNO5S/c1-3-25-15-7-6-13(26-15)18(24)20-9(2)10(8-14(22)23)16-11(20)4-5-12(21)17(16)19/h6-7,11H,3-5,8H2,1-2H3,(H,22,23). The average molecular weight is 396 g/mol. The number of fused-ring (bicyclic) bond motifs is 1. The van der Waals surface area contributed by atoms with Gasteiger partial charge in [0.1, 0.15) is 0 Å². The Morgan fingerprint density at radius 2 is 2.15 bits per heavy atom. The molecule has 1 N–H and O–H groups in total. The molecule has 0 aromatic carbocycles. The van der Waals surface area contributed by atoms with E-state index in [-0.39, 0.29) is 29.6 Å². The molecule has 0 bridgehead atoms. The maximum absolute atomic E-state index is 13.1. The van der Waals surface area contributed by atoms with Crippen LogP contribution in [0.2, 0.25) is 0 Å². The van der Waals surface area contributed by atoms with E-state index in [4.69, 9.17) is 16.3 Å². The Bertz CT molecular complexity index is 854. The molecule has 2 heterocycles. The van der Waals surface area contributed by atoms with E-state index in [1.807, 2.05) is 6.92 Å². The van der Waals surface area contributed by atoms with Crippen LogP contribution in [0.3, 0.4) is 0 Å². The molecular weight excluding hydrogens is 378 g/mol. The summed E-state index contributed by atoms with van der Waals surface area (Å²) in [5.74, 6) is -1.48. The van der Waals surface area contributed by atoms with Gasteiger partial charge in [0, 0.05) is 17.7 Å². The molecule has 1 aliphatic heterocycles. The van der Waals surface area contributed by atoms with Crippen molar-refractivity contribution in [3.8, 4) is 5.06 Å². The van der Waals surface area contributed by atoms with E-state index in [2.05, 4.69) is 0 Å². The third-order valence-electron chi connectivity index (χ3n) is 4.52. The number of rotatable bonds is 5. The zero-order valence-electron chi connectivity index (χ0n) is 14.4. The number of halogens is 1. The van der Waals surface area contributed by atoms with Crippen molar-refractivity contribution in [2.45, 2.75) is 39.2 Å². The molecule has 138 valence electrons. The highest BCUT2D eigenvalue weighted by Gasteiger charge is 2.43. The van der Waals surface area contributed by atoms with Gasteiger partial charge in [-0.05, 0) is 38.0 Å². The fraction of sp³-hybridized carbons (Fsp3) is 0.389. The van der Waals surface area contributed by atoms with E-state index in [0.29, 0.717) is 39.8 Å². The lowest BCUT2D eigenvalue weighted by atomic mass is 9.89. The van der Waals surface area contributed by atoms with Crippen molar-refractivity contribution in [2.24, 2.45) is 0 Å².